The second kappa shape index (κ2) is 4.58. The van der Waals surface area contributed by atoms with Crippen LogP contribution in [0.2, 0.25) is 0 Å². The van der Waals surface area contributed by atoms with Crippen molar-refractivity contribution in [2.24, 2.45) is 11.7 Å². The van der Waals surface area contributed by atoms with E-state index in [4.69, 9.17) is 5.73 Å². The SMILES string of the molecule is NCC1CC(c2ccccc2)CCC1=O. The molecule has 2 nitrogen and oxygen atoms in total. The maximum absolute atomic E-state index is 11.5. The maximum atomic E-state index is 11.5. The lowest BCUT2D eigenvalue weighted by molar-refractivity contribution is -0.124. The average molecular weight is 203 g/mol. The molecule has 0 aromatic heterocycles. The summed E-state index contributed by atoms with van der Waals surface area (Å²) >= 11 is 0. The molecule has 1 aliphatic carbocycles. The molecule has 1 aliphatic rings. The number of carbonyl (C=O) groups excluding carboxylic acids is 1. The van der Waals surface area contributed by atoms with Gasteiger partial charge in [-0.3, -0.25) is 4.79 Å². The number of hydrogen-bond donors (Lipinski definition) is 1. The number of hydrogen-bond acceptors (Lipinski definition) is 2. The lowest BCUT2D eigenvalue weighted by atomic mass is 9.77. The summed E-state index contributed by atoms with van der Waals surface area (Å²) in [6.45, 7) is 0.502. The van der Waals surface area contributed by atoms with Crippen molar-refractivity contribution >= 4 is 5.78 Å². The first-order chi connectivity index (χ1) is 7.31. The van der Waals surface area contributed by atoms with Crippen molar-refractivity contribution in [3.05, 3.63) is 35.9 Å². The second-order valence-corrected chi connectivity index (χ2v) is 4.28. The van der Waals surface area contributed by atoms with E-state index >= 15 is 0 Å². The first-order valence-corrected chi connectivity index (χ1v) is 5.59. The Morgan fingerprint density at radius 2 is 2.00 bits per heavy atom. The van der Waals surface area contributed by atoms with Gasteiger partial charge in [-0.25, -0.2) is 0 Å². The Hall–Kier alpha value is -1.15. The van der Waals surface area contributed by atoms with E-state index < -0.39 is 0 Å². The third-order valence-electron chi connectivity index (χ3n) is 3.32. The Morgan fingerprint density at radius 3 is 2.67 bits per heavy atom. The number of Topliss-reactive ketones (excluding diaryl/α,β-unsaturated/α-hetero) is 1. The highest BCUT2D eigenvalue weighted by atomic mass is 16.1. The zero-order chi connectivity index (χ0) is 10.7. The maximum Gasteiger partial charge on any atom is 0.137 e. The number of benzene rings is 1. The monoisotopic (exact) mass is 203 g/mol. The van der Waals surface area contributed by atoms with Crippen LogP contribution in [-0.4, -0.2) is 12.3 Å². The van der Waals surface area contributed by atoms with Gasteiger partial charge in [-0.1, -0.05) is 30.3 Å². The summed E-state index contributed by atoms with van der Waals surface area (Å²) in [6.07, 6.45) is 2.61. The number of rotatable bonds is 2. The van der Waals surface area contributed by atoms with Gasteiger partial charge in [0.05, 0.1) is 0 Å². The zero-order valence-electron chi connectivity index (χ0n) is 8.86. The molecule has 80 valence electrons. The Bertz CT molecular complexity index is 334. The van der Waals surface area contributed by atoms with Crippen molar-refractivity contribution in [3.63, 3.8) is 0 Å². The van der Waals surface area contributed by atoms with E-state index in [-0.39, 0.29) is 5.92 Å². The molecule has 2 rings (SSSR count). The van der Waals surface area contributed by atoms with Crippen LogP contribution in [-0.2, 0) is 4.79 Å². The summed E-state index contributed by atoms with van der Waals surface area (Å²) < 4.78 is 0. The van der Waals surface area contributed by atoms with Gasteiger partial charge in [-0.05, 0) is 24.3 Å². The van der Waals surface area contributed by atoms with Crippen molar-refractivity contribution in [1.82, 2.24) is 0 Å². The predicted octanol–water partition coefficient (Wildman–Crippen LogP) is 2.10. The van der Waals surface area contributed by atoms with Gasteiger partial charge in [0.1, 0.15) is 5.78 Å². The Balaban J connectivity index is 2.09. The molecule has 0 heterocycles. The molecule has 1 fully saturated rings. The molecule has 0 bridgehead atoms. The molecule has 1 aromatic rings. The fourth-order valence-corrected chi connectivity index (χ4v) is 2.37. The summed E-state index contributed by atoms with van der Waals surface area (Å²) in [5.74, 6) is 0.964. The van der Waals surface area contributed by atoms with Crippen LogP contribution in [0.4, 0.5) is 0 Å². The topological polar surface area (TPSA) is 43.1 Å². The van der Waals surface area contributed by atoms with E-state index in [1.165, 1.54) is 5.56 Å². The van der Waals surface area contributed by atoms with Crippen molar-refractivity contribution in [2.45, 2.75) is 25.2 Å². The first-order valence-electron chi connectivity index (χ1n) is 5.59. The molecule has 2 atom stereocenters. The highest BCUT2D eigenvalue weighted by Crippen LogP contribution is 2.33. The quantitative estimate of drug-likeness (QED) is 0.799. The second-order valence-electron chi connectivity index (χ2n) is 4.28. The largest absolute Gasteiger partial charge is 0.330 e. The summed E-state index contributed by atoms with van der Waals surface area (Å²) in [4.78, 5) is 11.5. The fraction of sp³-hybridized carbons (Fsp3) is 0.462. The summed E-state index contributed by atoms with van der Waals surface area (Å²) in [7, 11) is 0. The molecule has 0 amide bonds. The van der Waals surface area contributed by atoms with Gasteiger partial charge in [0.15, 0.2) is 0 Å². The van der Waals surface area contributed by atoms with E-state index in [1.807, 2.05) is 6.07 Å². The van der Waals surface area contributed by atoms with Crippen molar-refractivity contribution in [2.75, 3.05) is 6.54 Å². The number of carbonyl (C=O) groups is 1. The minimum absolute atomic E-state index is 0.0870. The van der Waals surface area contributed by atoms with E-state index in [9.17, 15) is 4.79 Å². The van der Waals surface area contributed by atoms with Gasteiger partial charge >= 0.3 is 0 Å². The number of ketones is 1. The molecule has 2 heteroatoms. The van der Waals surface area contributed by atoms with Crippen LogP contribution in [0.5, 0.6) is 0 Å². The Kier molecular flexibility index (Phi) is 3.17. The predicted molar refractivity (Wildman–Crippen MR) is 60.6 cm³/mol. The van der Waals surface area contributed by atoms with Crippen LogP contribution in [0.1, 0.15) is 30.7 Å². The van der Waals surface area contributed by atoms with E-state index in [0.717, 1.165) is 12.8 Å². The molecule has 0 aliphatic heterocycles. The summed E-state index contributed by atoms with van der Waals surface area (Å²) in [6, 6.07) is 10.4. The molecular weight excluding hydrogens is 186 g/mol. The normalized spacial score (nSPS) is 26.6. The average Bonchev–Trinajstić information content (AvgIpc) is 2.31. The van der Waals surface area contributed by atoms with Crippen LogP contribution in [0.25, 0.3) is 0 Å². The minimum atomic E-state index is 0.0870. The third kappa shape index (κ3) is 2.26. The molecule has 0 radical (unpaired) electrons. The third-order valence-corrected chi connectivity index (χ3v) is 3.32. The standard InChI is InChI=1S/C13H17NO/c14-9-12-8-11(6-7-13(12)15)10-4-2-1-3-5-10/h1-5,11-12H,6-9,14H2. The minimum Gasteiger partial charge on any atom is -0.330 e. The van der Waals surface area contributed by atoms with Gasteiger partial charge in [-0.15, -0.1) is 0 Å². The zero-order valence-corrected chi connectivity index (χ0v) is 8.86. The first kappa shape index (κ1) is 10.4. The highest BCUT2D eigenvalue weighted by molar-refractivity contribution is 5.82. The summed E-state index contributed by atoms with van der Waals surface area (Å²) in [5.41, 5.74) is 6.96. The molecule has 2 unspecified atom stereocenters. The lowest BCUT2D eigenvalue weighted by Gasteiger charge is -2.27. The number of nitrogens with two attached hydrogens (primary N) is 1. The van der Waals surface area contributed by atoms with Crippen LogP contribution in [0.15, 0.2) is 30.3 Å². The van der Waals surface area contributed by atoms with Crippen molar-refractivity contribution in [3.8, 4) is 0 Å². The van der Waals surface area contributed by atoms with Crippen LogP contribution < -0.4 is 5.73 Å². The van der Waals surface area contributed by atoms with Gasteiger partial charge in [0.2, 0.25) is 0 Å². The van der Waals surface area contributed by atoms with Crippen LogP contribution in [0, 0.1) is 5.92 Å². The van der Waals surface area contributed by atoms with Gasteiger partial charge < -0.3 is 5.73 Å². The van der Waals surface area contributed by atoms with Gasteiger partial charge in [-0.2, -0.15) is 0 Å². The molecule has 0 spiro atoms. The summed E-state index contributed by atoms with van der Waals surface area (Å²) in [5, 5.41) is 0. The van der Waals surface area contributed by atoms with Crippen LogP contribution in [0.3, 0.4) is 0 Å². The molecule has 0 saturated heterocycles. The van der Waals surface area contributed by atoms with Gasteiger partial charge in [0.25, 0.3) is 0 Å². The lowest BCUT2D eigenvalue weighted by Crippen LogP contribution is -2.29. The van der Waals surface area contributed by atoms with Crippen molar-refractivity contribution in [1.29, 1.82) is 0 Å². The Morgan fingerprint density at radius 1 is 1.27 bits per heavy atom. The van der Waals surface area contributed by atoms with Crippen LogP contribution >= 0.6 is 0 Å². The van der Waals surface area contributed by atoms with E-state index in [1.54, 1.807) is 0 Å². The molecule has 2 N–H and O–H groups in total. The molecule has 1 aromatic carbocycles. The fourth-order valence-electron chi connectivity index (χ4n) is 2.37. The Labute approximate surface area is 90.5 Å². The van der Waals surface area contributed by atoms with Gasteiger partial charge in [0, 0.05) is 18.9 Å². The van der Waals surface area contributed by atoms with E-state index in [2.05, 4.69) is 24.3 Å². The molecule has 1 saturated carbocycles. The smallest absolute Gasteiger partial charge is 0.137 e. The van der Waals surface area contributed by atoms with E-state index in [0.29, 0.717) is 24.7 Å². The molecular formula is C13H17NO. The highest BCUT2D eigenvalue weighted by Gasteiger charge is 2.28. The van der Waals surface area contributed by atoms with Crippen molar-refractivity contribution < 1.29 is 4.79 Å². The molecule has 15 heavy (non-hydrogen) atoms.